The molecule has 0 unspecified atom stereocenters. The molecule has 6 heteroatoms. The molecule has 19 heavy (non-hydrogen) atoms. The second kappa shape index (κ2) is 7.13. The third-order valence-corrected chi connectivity index (χ3v) is 3.33. The average molecular weight is 328 g/mol. The van der Waals surface area contributed by atoms with E-state index in [9.17, 15) is 9.59 Å². The van der Waals surface area contributed by atoms with Crippen LogP contribution < -0.4 is 11.5 Å². The van der Waals surface area contributed by atoms with Gasteiger partial charge >= 0.3 is 0 Å². The SMILES string of the molecule is CCCCN(CC(N)=O)C(=O)c1cc(N)ccc1Br. The minimum absolute atomic E-state index is 0.0833. The van der Waals surface area contributed by atoms with Gasteiger partial charge in [-0.15, -0.1) is 0 Å². The van der Waals surface area contributed by atoms with Crippen LogP contribution in [-0.4, -0.2) is 29.8 Å². The highest BCUT2D eigenvalue weighted by atomic mass is 79.9. The summed E-state index contributed by atoms with van der Waals surface area (Å²) in [6.07, 6.45) is 1.75. The molecule has 4 N–H and O–H groups in total. The number of halogens is 1. The van der Waals surface area contributed by atoms with Crippen molar-refractivity contribution in [1.29, 1.82) is 0 Å². The van der Waals surface area contributed by atoms with E-state index in [2.05, 4.69) is 15.9 Å². The lowest BCUT2D eigenvalue weighted by Gasteiger charge is -2.21. The van der Waals surface area contributed by atoms with E-state index >= 15 is 0 Å². The largest absolute Gasteiger partial charge is 0.399 e. The monoisotopic (exact) mass is 327 g/mol. The van der Waals surface area contributed by atoms with E-state index in [0.717, 1.165) is 12.8 Å². The Bertz CT molecular complexity index is 477. The highest BCUT2D eigenvalue weighted by Crippen LogP contribution is 2.21. The van der Waals surface area contributed by atoms with Gasteiger partial charge in [0.15, 0.2) is 0 Å². The predicted octanol–water partition coefficient (Wildman–Crippen LogP) is 1.76. The molecule has 1 rings (SSSR count). The second-order valence-electron chi connectivity index (χ2n) is 4.29. The van der Waals surface area contributed by atoms with Crippen LogP contribution in [-0.2, 0) is 4.79 Å². The van der Waals surface area contributed by atoms with Crippen LogP contribution in [0.3, 0.4) is 0 Å². The first-order chi connectivity index (χ1) is 8.95. The van der Waals surface area contributed by atoms with E-state index < -0.39 is 5.91 Å². The first-order valence-electron chi connectivity index (χ1n) is 6.08. The Balaban J connectivity index is 2.97. The highest BCUT2D eigenvalue weighted by molar-refractivity contribution is 9.10. The predicted molar refractivity (Wildman–Crippen MR) is 78.6 cm³/mol. The Morgan fingerprint density at radius 3 is 2.63 bits per heavy atom. The molecule has 5 nitrogen and oxygen atoms in total. The quantitative estimate of drug-likeness (QED) is 0.780. The van der Waals surface area contributed by atoms with Crippen molar-refractivity contribution in [1.82, 2.24) is 4.90 Å². The zero-order valence-corrected chi connectivity index (χ0v) is 12.4. The van der Waals surface area contributed by atoms with Crippen molar-refractivity contribution in [3.05, 3.63) is 28.2 Å². The van der Waals surface area contributed by atoms with Crippen LogP contribution in [0.4, 0.5) is 5.69 Å². The molecule has 1 aromatic rings. The lowest BCUT2D eigenvalue weighted by Crippen LogP contribution is -2.39. The summed E-state index contributed by atoms with van der Waals surface area (Å²) in [7, 11) is 0. The fraction of sp³-hybridized carbons (Fsp3) is 0.385. The molecule has 0 atom stereocenters. The van der Waals surface area contributed by atoms with Crippen LogP contribution in [0.15, 0.2) is 22.7 Å². The lowest BCUT2D eigenvalue weighted by atomic mass is 10.1. The van der Waals surface area contributed by atoms with Crippen LogP contribution in [0, 0.1) is 0 Å². The molecule has 0 bridgehead atoms. The van der Waals surface area contributed by atoms with E-state index in [0.29, 0.717) is 22.3 Å². The molecule has 0 fully saturated rings. The molecule has 0 aromatic heterocycles. The molecule has 1 aromatic carbocycles. The summed E-state index contributed by atoms with van der Waals surface area (Å²) in [5.74, 6) is -0.768. The third-order valence-electron chi connectivity index (χ3n) is 2.64. The number of benzene rings is 1. The zero-order chi connectivity index (χ0) is 14.4. The number of nitrogen functional groups attached to an aromatic ring is 1. The number of carbonyl (C=O) groups is 2. The van der Waals surface area contributed by atoms with Crippen molar-refractivity contribution < 1.29 is 9.59 Å². The second-order valence-corrected chi connectivity index (χ2v) is 5.14. The minimum Gasteiger partial charge on any atom is -0.399 e. The molecular formula is C13H18BrN3O2. The van der Waals surface area contributed by atoms with Crippen LogP contribution in [0.5, 0.6) is 0 Å². The number of amides is 2. The zero-order valence-electron chi connectivity index (χ0n) is 10.9. The summed E-state index contributed by atoms with van der Waals surface area (Å²) in [4.78, 5) is 24.9. The maximum Gasteiger partial charge on any atom is 0.255 e. The summed E-state index contributed by atoms with van der Waals surface area (Å²) in [5, 5.41) is 0. The summed E-state index contributed by atoms with van der Waals surface area (Å²) < 4.78 is 0.651. The summed E-state index contributed by atoms with van der Waals surface area (Å²) in [5.41, 5.74) is 11.8. The fourth-order valence-electron chi connectivity index (χ4n) is 1.67. The number of unbranched alkanes of at least 4 members (excludes halogenated alkanes) is 1. The smallest absolute Gasteiger partial charge is 0.255 e. The molecule has 0 aliphatic carbocycles. The van der Waals surface area contributed by atoms with Gasteiger partial charge in [-0.25, -0.2) is 0 Å². The van der Waals surface area contributed by atoms with Crippen LogP contribution >= 0.6 is 15.9 Å². The van der Waals surface area contributed by atoms with Gasteiger partial charge in [0, 0.05) is 16.7 Å². The molecule has 0 heterocycles. The summed E-state index contributed by atoms with van der Waals surface area (Å²) in [6, 6.07) is 5.00. The molecular weight excluding hydrogens is 310 g/mol. The number of nitrogens with zero attached hydrogens (tertiary/aromatic N) is 1. The van der Waals surface area contributed by atoms with Crippen molar-refractivity contribution in [3.63, 3.8) is 0 Å². The van der Waals surface area contributed by atoms with Crippen molar-refractivity contribution >= 4 is 33.4 Å². The van der Waals surface area contributed by atoms with E-state index in [4.69, 9.17) is 11.5 Å². The Hall–Kier alpha value is -1.56. The Labute approximate surface area is 121 Å². The number of carbonyl (C=O) groups excluding carboxylic acids is 2. The van der Waals surface area contributed by atoms with E-state index in [1.807, 2.05) is 6.92 Å². The van der Waals surface area contributed by atoms with Gasteiger partial charge in [0.1, 0.15) is 0 Å². The molecule has 0 aliphatic heterocycles. The minimum atomic E-state index is -0.524. The maximum atomic E-state index is 12.4. The van der Waals surface area contributed by atoms with Crippen LogP contribution in [0.1, 0.15) is 30.1 Å². The van der Waals surface area contributed by atoms with Gasteiger partial charge in [-0.2, -0.15) is 0 Å². The van der Waals surface area contributed by atoms with Gasteiger partial charge in [0.05, 0.1) is 12.1 Å². The molecule has 0 spiro atoms. The van der Waals surface area contributed by atoms with Crippen molar-refractivity contribution in [2.75, 3.05) is 18.8 Å². The van der Waals surface area contributed by atoms with Gasteiger partial charge in [0.2, 0.25) is 5.91 Å². The van der Waals surface area contributed by atoms with Gasteiger partial charge in [0.25, 0.3) is 5.91 Å². The average Bonchev–Trinajstić information content (AvgIpc) is 2.36. The van der Waals surface area contributed by atoms with Crippen molar-refractivity contribution in [3.8, 4) is 0 Å². The van der Waals surface area contributed by atoms with E-state index in [1.165, 1.54) is 4.90 Å². The van der Waals surface area contributed by atoms with Gasteiger partial charge in [-0.3, -0.25) is 9.59 Å². The maximum absolute atomic E-state index is 12.4. The third kappa shape index (κ3) is 4.55. The number of primary amides is 1. The Morgan fingerprint density at radius 1 is 1.37 bits per heavy atom. The van der Waals surface area contributed by atoms with Crippen LogP contribution in [0.2, 0.25) is 0 Å². The van der Waals surface area contributed by atoms with Gasteiger partial charge in [-0.1, -0.05) is 13.3 Å². The molecule has 0 saturated carbocycles. The number of rotatable bonds is 6. The lowest BCUT2D eigenvalue weighted by molar-refractivity contribution is -0.118. The molecule has 0 radical (unpaired) electrons. The summed E-state index contributed by atoms with van der Waals surface area (Å²) >= 11 is 3.31. The number of hydrogen-bond donors (Lipinski definition) is 2. The molecule has 104 valence electrons. The van der Waals surface area contributed by atoms with Gasteiger partial charge in [-0.05, 0) is 40.5 Å². The number of anilines is 1. The molecule has 2 amide bonds. The van der Waals surface area contributed by atoms with E-state index in [1.54, 1.807) is 18.2 Å². The first kappa shape index (κ1) is 15.5. The van der Waals surface area contributed by atoms with Crippen molar-refractivity contribution in [2.45, 2.75) is 19.8 Å². The fourth-order valence-corrected chi connectivity index (χ4v) is 2.08. The first-order valence-corrected chi connectivity index (χ1v) is 6.87. The van der Waals surface area contributed by atoms with Gasteiger partial charge < -0.3 is 16.4 Å². The Kier molecular flexibility index (Phi) is 5.82. The van der Waals surface area contributed by atoms with Crippen molar-refractivity contribution in [2.24, 2.45) is 5.73 Å². The van der Waals surface area contributed by atoms with E-state index in [-0.39, 0.29) is 12.5 Å². The topological polar surface area (TPSA) is 89.4 Å². The molecule has 0 saturated heterocycles. The summed E-state index contributed by atoms with van der Waals surface area (Å²) in [6.45, 7) is 2.43. The van der Waals surface area contributed by atoms with Crippen LogP contribution in [0.25, 0.3) is 0 Å². The standard InChI is InChI=1S/C13H18BrN3O2/c1-2-3-6-17(8-12(16)18)13(19)10-7-9(15)4-5-11(10)14/h4-5,7H,2-3,6,8,15H2,1H3,(H2,16,18). The number of nitrogens with two attached hydrogens (primary N) is 2. The molecule has 0 aliphatic rings. The Morgan fingerprint density at radius 2 is 2.05 bits per heavy atom. The normalized spacial score (nSPS) is 10.2. The number of hydrogen-bond acceptors (Lipinski definition) is 3. The highest BCUT2D eigenvalue weighted by Gasteiger charge is 2.19.